The second-order valence-corrected chi connectivity index (χ2v) is 6.62. The third kappa shape index (κ3) is 3.26. The Morgan fingerprint density at radius 2 is 1.86 bits per heavy atom. The van der Waals surface area contributed by atoms with Crippen LogP contribution in [0.3, 0.4) is 0 Å². The smallest absolute Gasteiger partial charge is 0.219 e. The topological polar surface area (TPSA) is 41.6 Å². The molecule has 0 aromatic heterocycles. The molecule has 1 saturated heterocycles. The quantitative estimate of drug-likeness (QED) is 0.819. The van der Waals surface area contributed by atoms with Crippen LogP contribution in [-0.2, 0) is 9.53 Å². The van der Waals surface area contributed by atoms with E-state index in [-0.39, 0.29) is 5.91 Å². The molecule has 4 nitrogen and oxygen atoms in total. The van der Waals surface area contributed by atoms with Crippen molar-refractivity contribution in [2.45, 2.75) is 78.0 Å². The summed E-state index contributed by atoms with van der Waals surface area (Å²) in [5.41, 5.74) is 0.313. The summed E-state index contributed by atoms with van der Waals surface area (Å²) in [6, 6.07) is 1.14. The molecule has 2 fully saturated rings. The van der Waals surface area contributed by atoms with Gasteiger partial charge in [-0.2, -0.15) is 0 Å². The first-order chi connectivity index (χ1) is 10.1. The molecule has 0 bridgehead atoms. The van der Waals surface area contributed by atoms with Gasteiger partial charge in [-0.1, -0.05) is 13.8 Å². The maximum atomic E-state index is 11.4. The lowest BCUT2D eigenvalue weighted by Crippen LogP contribution is -2.65. The van der Waals surface area contributed by atoms with Crippen molar-refractivity contribution < 1.29 is 9.53 Å². The fraction of sp³-hybridized carbons (Fsp3) is 0.941. The first-order valence-corrected chi connectivity index (χ1v) is 8.70. The highest BCUT2D eigenvalue weighted by Gasteiger charge is 2.53. The van der Waals surface area contributed by atoms with Crippen molar-refractivity contribution in [3.63, 3.8) is 0 Å². The third-order valence-corrected chi connectivity index (χ3v) is 5.85. The first-order valence-electron chi connectivity index (χ1n) is 8.70. The van der Waals surface area contributed by atoms with Gasteiger partial charge in [0, 0.05) is 44.1 Å². The van der Waals surface area contributed by atoms with E-state index in [1.54, 1.807) is 6.92 Å². The van der Waals surface area contributed by atoms with Crippen molar-refractivity contribution in [2.75, 3.05) is 19.7 Å². The highest BCUT2D eigenvalue weighted by Crippen LogP contribution is 2.49. The number of nitrogens with one attached hydrogen (secondary N) is 1. The molecule has 0 aromatic carbocycles. The molecule has 1 heterocycles. The van der Waals surface area contributed by atoms with Gasteiger partial charge in [0.1, 0.15) is 0 Å². The SMILES string of the molecule is CCO[C@@H]1C[C@@H](NC2CCN(C(C)=O)CC2)C1(CC)CC. The van der Waals surface area contributed by atoms with E-state index in [1.165, 1.54) is 12.8 Å². The number of nitrogens with zero attached hydrogens (tertiary/aromatic N) is 1. The van der Waals surface area contributed by atoms with Crippen LogP contribution >= 0.6 is 0 Å². The fourth-order valence-corrected chi connectivity index (χ4v) is 4.26. The highest BCUT2D eigenvalue weighted by molar-refractivity contribution is 5.73. The third-order valence-electron chi connectivity index (χ3n) is 5.85. The van der Waals surface area contributed by atoms with Gasteiger partial charge in [0.2, 0.25) is 5.91 Å². The fourth-order valence-electron chi connectivity index (χ4n) is 4.26. The average Bonchev–Trinajstić information content (AvgIpc) is 2.48. The van der Waals surface area contributed by atoms with Crippen LogP contribution in [0, 0.1) is 5.41 Å². The number of carbonyl (C=O) groups excluding carboxylic acids is 1. The molecule has 1 saturated carbocycles. The zero-order chi connectivity index (χ0) is 15.5. The number of piperidine rings is 1. The van der Waals surface area contributed by atoms with Crippen LogP contribution in [0.4, 0.5) is 0 Å². The number of carbonyl (C=O) groups is 1. The summed E-state index contributed by atoms with van der Waals surface area (Å²) < 4.78 is 5.95. The summed E-state index contributed by atoms with van der Waals surface area (Å²) in [6.45, 7) is 11.0. The Balaban J connectivity index is 1.87. The molecule has 1 amide bonds. The predicted molar refractivity (Wildman–Crippen MR) is 85.2 cm³/mol. The standard InChI is InChI=1S/C17H32N2O2/c1-5-17(6-2)15(12-16(17)21-7-3)18-14-8-10-19(11-9-14)13(4)20/h14-16,18H,5-12H2,1-4H3/t15-,16-/m1/s1. The van der Waals surface area contributed by atoms with Crippen LogP contribution in [0.25, 0.3) is 0 Å². The van der Waals surface area contributed by atoms with Crippen LogP contribution in [0.15, 0.2) is 0 Å². The van der Waals surface area contributed by atoms with Gasteiger partial charge >= 0.3 is 0 Å². The monoisotopic (exact) mass is 296 g/mol. The summed E-state index contributed by atoms with van der Waals surface area (Å²) in [7, 11) is 0. The van der Waals surface area contributed by atoms with Crippen LogP contribution in [0.1, 0.15) is 59.8 Å². The number of amides is 1. The molecule has 122 valence electrons. The second-order valence-electron chi connectivity index (χ2n) is 6.62. The van der Waals surface area contributed by atoms with Gasteiger partial charge in [-0.15, -0.1) is 0 Å². The van der Waals surface area contributed by atoms with E-state index in [1.807, 2.05) is 4.90 Å². The minimum atomic E-state index is 0.213. The summed E-state index contributed by atoms with van der Waals surface area (Å²) in [6.07, 6.45) is 6.09. The average molecular weight is 296 g/mol. The lowest BCUT2D eigenvalue weighted by atomic mass is 9.58. The van der Waals surface area contributed by atoms with E-state index in [2.05, 4.69) is 26.1 Å². The van der Waals surface area contributed by atoms with Crippen molar-refractivity contribution >= 4 is 5.91 Å². The van der Waals surface area contributed by atoms with E-state index in [4.69, 9.17) is 4.74 Å². The maximum absolute atomic E-state index is 11.4. The zero-order valence-corrected chi connectivity index (χ0v) is 14.2. The lowest BCUT2D eigenvalue weighted by molar-refractivity contribution is -0.141. The van der Waals surface area contributed by atoms with Gasteiger partial charge in [-0.3, -0.25) is 4.79 Å². The van der Waals surface area contributed by atoms with Crippen LogP contribution in [0.5, 0.6) is 0 Å². The van der Waals surface area contributed by atoms with Crippen LogP contribution in [0.2, 0.25) is 0 Å². The number of hydrogen-bond donors (Lipinski definition) is 1. The second kappa shape index (κ2) is 7.10. The summed E-state index contributed by atoms with van der Waals surface area (Å²) in [4.78, 5) is 13.4. The Morgan fingerprint density at radius 3 is 2.33 bits per heavy atom. The Kier molecular flexibility index (Phi) is 5.67. The van der Waals surface area contributed by atoms with Crippen molar-refractivity contribution in [1.29, 1.82) is 0 Å². The van der Waals surface area contributed by atoms with Crippen molar-refractivity contribution in [3.8, 4) is 0 Å². The van der Waals surface area contributed by atoms with E-state index < -0.39 is 0 Å². The molecule has 1 N–H and O–H groups in total. The molecule has 0 spiro atoms. The van der Waals surface area contributed by atoms with Gasteiger partial charge in [-0.05, 0) is 39.0 Å². The maximum Gasteiger partial charge on any atom is 0.219 e. The van der Waals surface area contributed by atoms with Crippen LogP contribution in [-0.4, -0.2) is 48.7 Å². The van der Waals surface area contributed by atoms with E-state index in [0.717, 1.165) is 39.0 Å². The Morgan fingerprint density at radius 1 is 1.24 bits per heavy atom. The van der Waals surface area contributed by atoms with Crippen molar-refractivity contribution in [1.82, 2.24) is 10.2 Å². The molecule has 0 radical (unpaired) electrons. The number of likely N-dealkylation sites (tertiary alicyclic amines) is 1. The highest BCUT2D eigenvalue weighted by atomic mass is 16.5. The summed E-state index contributed by atoms with van der Waals surface area (Å²) in [5.74, 6) is 0.213. The molecule has 2 aliphatic rings. The molecule has 21 heavy (non-hydrogen) atoms. The predicted octanol–water partition coefficient (Wildman–Crippen LogP) is 2.57. The molecule has 0 aromatic rings. The van der Waals surface area contributed by atoms with Gasteiger partial charge in [-0.25, -0.2) is 0 Å². The van der Waals surface area contributed by atoms with E-state index in [9.17, 15) is 4.79 Å². The summed E-state index contributed by atoms with van der Waals surface area (Å²) >= 11 is 0. The normalized spacial score (nSPS) is 29.2. The molecule has 1 aliphatic heterocycles. The number of hydrogen-bond acceptors (Lipinski definition) is 3. The van der Waals surface area contributed by atoms with Crippen LogP contribution < -0.4 is 5.32 Å². The lowest BCUT2D eigenvalue weighted by Gasteiger charge is -2.57. The Hall–Kier alpha value is -0.610. The van der Waals surface area contributed by atoms with Gasteiger partial charge in [0.25, 0.3) is 0 Å². The summed E-state index contributed by atoms with van der Waals surface area (Å²) in [5, 5.41) is 3.88. The molecular weight excluding hydrogens is 264 g/mol. The van der Waals surface area contributed by atoms with Crippen molar-refractivity contribution in [3.05, 3.63) is 0 Å². The Labute approximate surface area is 129 Å². The minimum absolute atomic E-state index is 0.213. The first kappa shape index (κ1) is 16.8. The zero-order valence-electron chi connectivity index (χ0n) is 14.2. The number of rotatable bonds is 6. The molecule has 2 atom stereocenters. The van der Waals surface area contributed by atoms with E-state index >= 15 is 0 Å². The largest absolute Gasteiger partial charge is 0.378 e. The molecule has 0 unspecified atom stereocenters. The van der Waals surface area contributed by atoms with Crippen molar-refractivity contribution in [2.24, 2.45) is 5.41 Å². The van der Waals surface area contributed by atoms with E-state index in [0.29, 0.717) is 23.6 Å². The molecular formula is C17H32N2O2. The Bertz CT molecular complexity index is 347. The number of ether oxygens (including phenoxy) is 1. The minimum Gasteiger partial charge on any atom is -0.378 e. The van der Waals surface area contributed by atoms with Gasteiger partial charge in [0.05, 0.1) is 6.10 Å². The molecule has 2 rings (SSSR count). The molecule has 4 heteroatoms. The van der Waals surface area contributed by atoms with Gasteiger partial charge < -0.3 is 15.0 Å². The van der Waals surface area contributed by atoms with Gasteiger partial charge in [0.15, 0.2) is 0 Å². The molecule has 1 aliphatic carbocycles.